The Morgan fingerprint density at radius 2 is 1.78 bits per heavy atom. The summed E-state index contributed by atoms with van der Waals surface area (Å²) in [7, 11) is 0. The SMILES string of the molecule is CCC(C)N(C(=O)C(CO)NC(=O)OC(C)(C)C)C(C(=O)Nc1c(C)cccc1Cl)c1cccc(O)c1. The van der Waals surface area contributed by atoms with Crippen molar-refractivity contribution >= 4 is 35.2 Å². The first-order valence-electron chi connectivity index (χ1n) is 12.1. The van der Waals surface area contributed by atoms with Crippen molar-refractivity contribution in [3.8, 4) is 5.75 Å². The minimum Gasteiger partial charge on any atom is -0.508 e. The molecule has 37 heavy (non-hydrogen) atoms. The molecule has 3 atom stereocenters. The van der Waals surface area contributed by atoms with Gasteiger partial charge < -0.3 is 30.5 Å². The number of phenolic OH excluding ortho intramolecular Hbond substituents is 1. The molecule has 2 aromatic carbocycles. The first kappa shape index (κ1) is 29.9. The molecule has 0 saturated heterocycles. The number of para-hydroxylation sites is 1. The molecule has 0 radical (unpaired) electrons. The Morgan fingerprint density at radius 3 is 2.32 bits per heavy atom. The van der Waals surface area contributed by atoms with Crippen LogP contribution in [0.1, 0.15) is 58.2 Å². The summed E-state index contributed by atoms with van der Waals surface area (Å²) in [5.74, 6) is -1.36. The Kier molecular flexibility index (Phi) is 10.3. The number of aromatic hydroxyl groups is 1. The predicted octanol–water partition coefficient (Wildman–Crippen LogP) is 4.55. The van der Waals surface area contributed by atoms with Crippen molar-refractivity contribution in [3.05, 3.63) is 58.6 Å². The smallest absolute Gasteiger partial charge is 0.408 e. The monoisotopic (exact) mass is 533 g/mol. The van der Waals surface area contributed by atoms with Gasteiger partial charge in [-0.2, -0.15) is 0 Å². The molecule has 10 heteroatoms. The minimum atomic E-state index is -1.38. The number of halogens is 1. The number of hydrogen-bond acceptors (Lipinski definition) is 6. The number of aliphatic hydroxyl groups is 1. The van der Waals surface area contributed by atoms with Crippen LogP contribution in [0.2, 0.25) is 5.02 Å². The Labute approximate surface area is 222 Å². The molecule has 0 fully saturated rings. The summed E-state index contributed by atoms with van der Waals surface area (Å²) < 4.78 is 5.24. The first-order chi connectivity index (χ1) is 17.3. The van der Waals surface area contributed by atoms with Crippen molar-refractivity contribution in [2.24, 2.45) is 0 Å². The lowest BCUT2D eigenvalue weighted by Gasteiger charge is -2.38. The third-order valence-electron chi connectivity index (χ3n) is 5.67. The Hall–Kier alpha value is -3.30. The van der Waals surface area contributed by atoms with Crippen molar-refractivity contribution in [2.45, 2.75) is 71.7 Å². The number of amides is 3. The van der Waals surface area contributed by atoms with Crippen molar-refractivity contribution in [1.82, 2.24) is 10.2 Å². The lowest BCUT2D eigenvalue weighted by molar-refractivity contribution is -0.144. The summed E-state index contributed by atoms with van der Waals surface area (Å²) in [6.07, 6.45) is -0.418. The summed E-state index contributed by atoms with van der Waals surface area (Å²) in [6.45, 7) is 9.68. The molecule has 4 N–H and O–H groups in total. The Balaban J connectivity index is 2.55. The highest BCUT2D eigenvalue weighted by Gasteiger charge is 2.38. The number of nitrogens with zero attached hydrogens (tertiary/aromatic N) is 1. The van der Waals surface area contributed by atoms with E-state index in [4.69, 9.17) is 16.3 Å². The second-order valence-electron chi connectivity index (χ2n) is 9.80. The second-order valence-corrected chi connectivity index (χ2v) is 10.2. The van der Waals surface area contributed by atoms with E-state index in [1.807, 2.05) is 6.92 Å². The molecule has 0 spiro atoms. The van der Waals surface area contributed by atoms with E-state index in [9.17, 15) is 24.6 Å². The van der Waals surface area contributed by atoms with Gasteiger partial charge in [0, 0.05) is 6.04 Å². The van der Waals surface area contributed by atoms with Crippen LogP contribution in [0.15, 0.2) is 42.5 Å². The average molecular weight is 534 g/mol. The molecule has 0 aromatic heterocycles. The normalized spacial score (nSPS) is 13.7. The lowest BCUT2D eigenvalue weighted by atomic mass is 9.99. The van der Waals surface area contributed by atoms with Crippen molar-refractivity contribution < 1.29 is 29.3 Å². The number of carbonyl (C=O) groups is 3. The van der Waals surface area contributed by atoms with E-state index in [1.165, 1.54) is 17.0 Å². The summed E-state index contributed by atoms with van der Waals surface area (Å²) in [4.78, 5) is 41.3. The van der Waals surface area contributed by atoms with Crippen LogP contribution in [-0.4, -0.2) is 57.3 Å². The van der Waals surface area contributed by atoms with Gasteiger partial charge >= 0.3 is 6.09 Å². The quantitative estimate of drug-likeness (QED) is 0.374. The number of phenols is 1. The van der Waals surface area contributed by atoms with Crippen LogP contribution in [0, 0.1) is 6.92 Å². The standard InChI is InChI=1S/C27H36ClN3O6/c1-7-17(3)31(25(35)21(15-32)29-26(36)37-27(4,5)6)23(18-11-9-12-19(33)14-18)24(34)30-22-16(2)10-8-13-20(22)28/h8-14,17,21,23,32-33H,7,15H2,1-6H3,(H,29,36)(H,30,34). The van der Waals surface area contributed by atoms with E-state index in [0.717, 1.165) is 5.56 Å². The van der Waals surface area contributed by atoms with E-state index >= 15 is 0 Å². The molecule has 0 aliphatic heterocycles. The van der Waals surface area contributed by atoms with Crippen molar-refractivity contribution in [2.75, 3.05) is 11.9 Å². The van der Waals surface area contributed by atoms with E-state index in [1.54, 1.807) is 65.0 Å². The molecule has 0 aliphatic rings. The number of hydrogen-bond donors (Lipinski definition) is 4. The number of aliphatic hydroxyl groups excluding tert-OH is 1. The average Bonchev–Trinajstić information content (AvgIpc) is 2.81. The van der Waals surface area contributed by atoms with Crippen molar-refractivity contribution in [3.63, 3.8) is 0 Å². The second kappa shape index (κ2) is 12.8. The molecular weight excluding hydrogens is 498 g/mol. The fourth-order valence-corrected chi connectivity index (χ4v) is 3.99. The number of rotatable bonds is 9. The first-order valence-corrected chi connectivity index (χ1v) is 12.4. The van der Waals surface area contributed by atoms with Crippen LogP contribution in [0.5, 0.6) is 5.75 Å². The largest absolute Gasteiger partial charge is 0.508 e. The summed E-state index contributed by atoms with van der Waals surface area (Å²) in [5.41, 5.74) is 0.628. The highest BCUT2D eigenvalue weighted by atomic mass is 35.5. The third-order valence-corrected chi connectivity index (χ3v) is 5.99. The number of nitrogens with one attached hydrogen (secondary N) is 2. The summed E-state index contributed by atoms with van der Waals surface area (Å²) in [5, 5.41) is 25.7. The maximum Gasteiger partial charge on any atom is 0.408 e. The fourth-order valence-electron chi connectivity index (χ4n) is 3.73. The van der Waals surface area contributed by atoms with Gasteiger partial charge in [0.2, 0.25) is 5.91 Å². The number of alkyl carbamates (subject to hydrolysis) is 1. The highest BCUT2D eigenvalue weighted by molar-refractivity contribution is 6.34. The maximum atomic E-state index is 13.8. The van der Waals surface area contributed by atoms with Gasteiger partial charge in [-0.05, 0) is 70.4 Å². The zero-order valence-electron chi connectivity index (χ0n) is 22.0. The molecule has 2 rings (SSSR count). The molecule has 0 bridgehead atoms. The number of carbonyl (C=O) groups excluding carboxylic acids is 3. The molecule has 0 aliphatic carbocycles. The van der Waals surface area contributed by atoms with Gasteiger partial charge in [-0.3, -0.25) is 9.59 Å². The zero-order valence-corrected chi connectivity index (χ0v) is 22.8. The summed E-state index contributed by atoms with van der Waals surface area (Å²) in [6, 6.07) is 8.10. The molecule has 2 aromatic rings. The van der Waals surface area contributed by atoms with E-state index in [2.05, 4.69) is 10.6 Å². The van der Waals surface area contributed by atoms with Crippen LogP contribution in [0.3, 0.4) is 0 Å². The Bertz CT molecular complexity index is 1100. The molecule has 0 heterocycles. The van der Waals surface area contributed by atoms with Gasteiger partial charge in [-0.1, -0.05) is 42.8 Å². The lowest BCUT2D eigenvalue weighted by Crippen LogP contribution is -2.56. The summed E-state index contributed by atoms with van der Waals surface area (Å²) >= 11 is 6.33. The zero-order chi connectivity index (χ0) is 27.9. The molecule has 3 amide bonds. The van der Waals surface area contributed by atoms with Gasteiger partial charge in [0.15, 0.2) is 0 Å². The number of benzene rings is 2. The van der Waals surface area contributed by atoms with Gasteiger partial charge in [0.25, 0.3) is 5.91 Å². The molecular formula is C27H36ClN3O6. The number of anilines is 1. The van der Waals surface area contributed by atoms with Crippen molar-refractivity contribution in [1.29, 1.82) is 0 Å². The minimum absolute atomic E-state index is 0.0913. The van der Waals surface area contributed by atoms with Crippen LogP contribution >= 0.6 is 11.6 Å². The maximum absolute atomic E-state index is 13.8. The Morgan fingerprint density at radius 1 is 1.14 bits per heavy atom. The van der Waals surface area contributed by atoms with E-state index in [0.29, 0.717) is 22.7 Å². The highest BCUT2D eigenvalue weighted by Crippen LogP contribution is 2.32. The van der Waals surface area contributed by atoms with Crippen LogP contribution in [-0.2, 0) is 14.3 Å². The number of aryl methyl sites for hydroxylation is 1. The van der Waals surface area contributed by atoms with Crippen LogP contribution in [0.25, 0.3) is 0 Å². The van der Waals surface area contributed by atoms with Crippen LogP contribution < -0.4 is 10.6 Å². The third kappa shape index (κ3) is 8.10. The van der Waals surface area contributed by atoms with Gasteiger partial charge in [-0.25, -0.2) is 4.79 Å². The molecule has 202 valence electrons. The molecule has 9 nitrogen and oxygen atoms in total. The van der Waals surface area contributed by atoms with E-state index in [-0.39, 0.29) is 5.75 Å². The van der Waals surface area contributed by atoms with E-state index < -0.39 is 48.2 Å². The fraction of sp³-hybridized carbons (Fsp3) is 0.444. The van der Waals surface area contributed by atoms with Gasteiger partial charge in [0.05, 0.1) is 17.3 Å². The predicted molar refractivity (Wildman–Crippen MR) is 143 cm³/mol. The van der Waals surface area contributed by atoms with Crippen LogP contribution in [0.4, 0.5) is 10.5 Å². The number of ether oxygens (including phenoxy) is 1. The topological polar surface area (TPSA) is 128 Å². The molecule has 0 saturated carbocycles. The molecule has 3 unspecified atom stereocenters. The van der Waals surface area contributed by atoms with Gasteiger partial charge in [0.1, 0.15) is 23.4 Å². The van der Waals surface area contributed by atoms with Gasteiger partial charge in [-0.15, -0.1) is 0 Å².